The van der Waals surface area contributed by atoms with Crippen LogP contribution in [0.1, 0.15) is 24.4 Å². The summed E-state index contributed by atoms with van der Waals surface area (Å²) >= 11 is 6.07. The molecule has 0 radical (unpaired) electrons. The van der Waals surface area contributed by atoms with Gasteiger partial charge in [-0.3, -0.25) is 0 Å². The monoisotopic (exact) mass is 223 g/mol. The maximum absolute atomic E-state index is 6.07. The fraction of sp³-hybridized carbons (Fsp3) is 0.364. The van der Waals surface area contributed by atoms with Gasteiger partial charge in [-0.05, 0) is 32.5 Å². The van der Waals surface area contributed by atoms with Crippen molar-refractivity contribution >= 4 is 17.1 Å². The molecule has 1 N–H and O–H groups in total. The highest BCUT2D eigenvalue weighted by Crippen LogP contribution is 2.22. The smallest absolute Gasteiger partial charge is 0.155 e. The van der Waals surface area contributed by atoms with Crippen molar-refractivity contribution in [2.75, 3.05) is 7.05 Å². The van der Waals surface area contributed by atoms with Crippen molar-refractivity contribution in [2.24, 2.45) is 0 Å². The normalized spacial score (nSPS) is 13.3. The number of rotatable bonds is 2. The molecule has 2 rings (SSSR count). The largest absolute Gasteiger partial charge is 0.311 e. The topological polar surface area (TPSA) is 29.3 Å². The molecule has 1 unspecified atom stereocenters. The summed E-state index contributed by atoms with van der Waals surface area (Å²) in [6.07, 6.45) is 2.05. The molecule has 4 heteroatoms. The van der Waals surface area contributed by atoms with Crippen LogP contribution in [-0.2, 0) is 0 Å². The zero-order chi connectivity index (χ0) is 11.0. The molecule has 1 atom stereocenters. The third kappa shape index (κ3) is 1.73. The number of aromatic nitrogens is 2. The van der Waals surface area contributed by atoms with Gasteiger partial charge in [0.25, 0.3) is 0 Å². The molecule has 2 aromatic heterocycles. The molecule has 0 saturated carbocycles. The minimum absolute atomic E-state index is 0.187. The number of imidazole rings is 1. The number of halogens is 1. The predicted octanol–water partition coefficient (Wildman–Crippen LogP) is 2.58. The molecule has 0 aliphatic rings. The summed E-state index contributed by atoms with van der Waals surface area (Å²) in [5.41, 5.74) is 2.15. The Hall–Kier alpha value is -1.06. The van der Waals surface area contributed by atoms with Crippen LogP contribution < -0.4 is 5.32 Å². The second-order valence-corrected chi connectivity index (χ2v) is 4.09. The van der Waals surface area contributed by atoms with Crippen molar-refractivity contribution in [1.29, 1.82) is 0 Å². The summed E-state index contributed by atoms with van der Waals surface area (Å²) in [5.74, 6) is 0.946. The Kier molecular flexibility index (Phi) is 2.67. The first-order valence-electron chi connectivity index (χ1n) is 4.95. The van der Waals surface area contributed by atoms with Gasteiger partial charge in [-0.1, -0.05) is 17.7 Å². The van der Waals surface area contributed by atoms with Crippen LogP contribution in [0, 0.1) is 6.92 Å². The molecule has 0 spiro atoms. The van der Waals surface area contributed by atoms with Crippen molar-refractivity contribution in [3.8, 4) is 0 Å². The lowest BCUT2D eigenvalue weighted by molar-refractivity contribution is 0.608. The van der Waals surface area contributed by atoms with Crippen molar-refractivity contribution in [3.05, 3.63) is 34.9 Å². The summed E-state index contributed by atoms with van der Waals surface area (Å²) in [6, 6.07) is 4.22. The van der Waals surface area contributed by atoms with Gasteiger partial charge in [-0.2, -0.15) is 0 Å². The quantitative estimate of drug-likeness (QED) is 0.848. The molecule has 0 aromatic carbocycles. The Morgan fingerprint density at radius 3 is 2.87 bits per heavy atom. The molecule has 0 fully saturated rings. The molecule has 2 aromatic rings. The average Bonchev–Trinajstić information content (AvgIpc) is 2.54. The van der Waals surface area contributed by atoms with E-state index in [4.69, 9.17) is 11.6 Å². The first-order valence-corrected chi connectivity index (χ1v) is 5.32. The van der Waals surface area contributed by atoms with E-state index in [1.807, 2.05) is 23.6 Å². The summed E-state index contributed by atoms with van der Waals surface area (Å²) in [5, 5.41) is 3.73. The van der Waals surface area contributed by atoms with Crippen LogP contribution in [-0.4, -0.2) is 16.4 Å². The van der Waals surface area contributed by atoms with Crippen LogP contribution in [0.15, 0.2) is 18.3 Å². The van der Waals surface area contributed by atoms with Crippen LogP contribution in [0.25, 0.3) is 5.52 Å². The van der Waals surface area contributed by atoms with E-state index in [0.29, 0.717) is 5.15 Å². The predicted molar refractivity (Wildman–Crippen MR) is 62.4 cm³/mol. The van der Waals surface area contributed by atoms with Gasteiger partial charge >= 0.3 is 0 Å². The van der Waals surface area contributed by atoms with Crippen molar-refractivity contribution in [3.63, 3.8) is 0 Å². The fourth-order valence-corrected chi connectivity index (χ4v) is 1.85. The minimum atomic E-state index is 0.187. The van der Waals surface area contributed by atoms with E-state index in [1.54, 1.807) is 0 Å². The first kappa shape index (κ1) is 10.5. The van der Waals surface area contributed by atoms with E-state index in [1.165, 1.54) is 5.56 Å². The zero-order valence-corrected chi connectivity index (χ0v) is 9.84. The molecular weight excluding hydrogens is 210 g/mol. The highest BCUT2D eigenvalue weighted by Gasteiger charge is 2.13. The van der Waals surface area contributed by atoms with Gasteiger partial charge in [-0.15, -0.1) is 0 Å². The second-order valence-electron chi connectivity index (χ2n) is 3.73. The van der Waals surface area contributed by atoms with Crippen molar-refractivity contribution < 1.29 is 0 Å². The lowest BCUT2D eigenvalue weighted by atomic mass is 10.3. The summed E-state index contributed by atoms with van der Waals surface area (Å²) in [7, 11) is 1.91. The van der Waals surface area contributed by atoms with Crippen LogP contribution in [0.3, 0.4) is 0 Å². The van der Waals surface area contributed by atoms with Gasteiger partial charge in [0.1, 0.15) is 5.82 Å². The SMILES string of the molecule is CNC(C)c1nc(Cl)c2ccc(C)cn12. The third-order valence-corrected chi connectivity index (χ3v) is 2.87. The lowest BCUT2D eigenvalue weighted by Gasteiger charge is -2.08. The lowest BCUT2D eigenvalue weighted by Crippen LogP contribution is -2.15. The molecule has 0 saturated heterocycles. The molecule has 0 aliphatic carbocycles. The van der Waals surface area contributed by atoms with E-state index in [0.717, 1.165) is 11.3 Å². The maximum Gasteiger partial charge on any atom is 0.155 e. The van der Waals surface area contributed by atoms with Gasteiger partial charge < -0.3 is 9.72 Å². The van der Waals surface area contributed by atoms with Gasteiger partial charge in [0.15, 0.2) is 5.15 Å². The second kappa shape index (κ2) is 3.83. The molecule has 2 heterocycles. The van der Waals surface area contributed by atoms with Crippen LogP contribution >= 0.6 is 11.6 Å². The van der Waals surface area contributed by atoms with E-state index < -0.39 is 0 Å². The number of hydrogen-bond acceptors (Lipinski definition) is 2. The summed E-state index contributed by atoms with van der Waals surface area (Å²) in [6.45, 7) is 4.12. The average molecular weight is 224 g/mol. The molecule has 80 valence electrons. The molecule has 0 bridgehead atoms. The van der Waals surface area contributed by atoms with Crippen LogP contribution in [0.4, 0.5) is 0 Å². The molecule has 0 aliphatic heterocycles. The number of nitrogens with one attached hydrogen (secondary N) is 1. The highest BCUT2D eigenvalue weighted by molar-refractivity contribution is 6.32. The Morgan fingerprint density at radius 2 is 2.20 bits per heavy atom. The Labute approximate surface area is 94.1 Å². The Morgan fingerprint density at radius 1 is 1.47 bits per heavy atom. The minimum Gasteiger partial charge on any atom is -0.311 e. The highest BCUT2D eigenvalue weighted by atomic mass is 35.5. The third-order valence-electron chi connectivity index (χ3n) is 2.59. The number of pyridine rings is 1. The summed E-state index contributed by atoms with van der Waals surface area (Å²) in [4.78, 5) is 4.37. The van der Waals surface area contributed by atoms with E-state index in [9.17, 15) is 0 Å². The molecule has 3 nitrogen and oxygen atoms in total. The zero-order valence-electron chi connectivity index (χ0n) is 9.08. The molecule has 0 amide bonds. The van der Waals surface area contributed by atoms with Gasteiger partial charge in [0, 0.05) is 6.20 Å². The Balaban J connectivity index is 2.69. The van der Waals surface area contributed by atoms with Crippen LogP contribution in [0.5, 0.6) is 0 Å². The van der Waals surface area contributed by atoms with Gasteiger partial charge in [-0.25, -0.2) is 4.98 Å². The van der Waals surface area contributed by atoms with E-state index in [2.05, 4.69) is 30.3 Å². The number of fused-ring (bicyclic) bond motifs is 1. The van der Waals surface area contributed by atoms with Crippen molar-refractivity contribution in [1.82, 2.24) is 14.7 Å². The van der Waals surface area contributed by atoms with Gasteiger partial charge in [0.2, 0.25) is 0 Å². The van der Waals surface area contributed by atoms with E-state index >= 15 is 0 Å². The Bertz CT molecular complexity index is 490. The van der Waals surface area contributed by atoms with Crippen molar-refractivity contribution in [2.45, 2.75) is 19.9 Å². The fourth-order valence-electron chi connectivity index (χ4n) is 1.61. The first-order chi connectivity index (χ1) is 7.13. The molecule has 15 heavy (non-hydrogen) atoms. The number of hydrogen-bond donors (Lipinski definition) is 1. The number of aryl methyl sites for hydroxylation is 1. The maximum atomic E-state index is 6.07. The number of nitrogens with zero attached hydrogens (tertiary/aromatic N) is 2. The van der Waals surface area contributed by atoms with Crippen LogP contribution in [0.2, 0.25) is 5.15 Å². The standard InChI is InChI=1S/C11H14ClN3/c1-7-4-5-9-10(12)14-11(8(2)13-3)15(9)6-7/h4-6,8,13H,1-3H3. The van der Waals surface area contributed by atoms with E-state index in [-0.39, 0.29) is 6.04 Å². The molecular formula is C11H14ClN3. The van der Waals surface area contributed by atoms with Gasteiger partial charge in [0.05, 0.1) is 11.6 Å². The summed E-state index contributed by atoms with van der Waals surface area (Å²) < 4.78 is 2.04.